The average molecular weight is 445 g/mol. The minimum atomic E-state index is 0.111. The first-order valence-electron chi connectivity index (χ1n) is 9.30. The van der Waals surface area contributed by atoms with Crippen LogP contribution in [0.5, 0.6) is 0 Å². The Morgan fingerprint density at radius 2 is 2.04 bits per heavy atom. The molecule has 3 heteroatoms. The Kier molecular flexibility index (Phi) is 7.52. The van der Waals surface area contributed by atoms with Gasteiger partial charge in [-0.3, -0.25) is 0 Å². The molecule has 0 amide bonds. The minimum absolute atomic E-state index is 0.111. The molecule has 1 unspecified atom stereocenters. The van der Waals surface area contributed by atoms with Crippen LogP contribution in [0.3, 0.4) is 0 Å². The van der Waals surface area contributed by atoms with E-state index in [4.69, 9.17) is 11.6 Å². The van der Waals surface area contributed by atoms with Crippen molar-refractivity contribution in [3.05, 3.63) is 77.0 Å². The lowest BCUT2D eigenvalue weighted by Crippen LogP contribution is -2.12. The van der Waals surface area contributed by atoms with E-state index in [1.165, 1.54) is 22.2 Å². The molecular weight excluding hydrogens is 418 g/mol. The molecule has 0 radical (unpaired) electrons. The molecule has 3 rings (SSSR count). The maximum atomic E-state index is 6.58. The molecule has 0 bridgehead atoms. The van der Waals surface area contributed by atoms with Gasteiger partial charge in [0.1, 0.15) is 0 Å². The van der Waals surface area contributed by atoms with Gasteiger partial charge in [0.25, 0.3) is 0 Å². The summed E-state index contributed by atoms with van der Waals surface area (Å²) in [5.41, 5.74) is 5.74. The summed E-state index contributed by atoms with van der Waals surface area (Å²) in [6, 6.07) is 4.49. The second-order valence-corrected chi connectivity index (χ2v) is 7.57. The second-order valence-electron chi connectivity index (χ2n) is 6.18. The first-order chi connectivity index (χ1) is 13.0. The van der Waals surface area contributed by atoms with Gasteiger partial charge in [0.2, 0.25) is 0 Å². The zero-order valence-electron chi connectivity index (χ0n) is 16.5. The summed E-state index contributed by atoms with van der Waals surface area (Å²) < 4.78 is 3.20. The summed E-state index contributed by atoms with van der Waals surface area (Å²) in [4.78, 5) is 0. The molecule has 1 aliphatic rings. The normalized spacial score (nSPS) is 16.2. The summed E-state index contributed by atoms with van der Waals surface area (Å²) in [5.74, 6) is 0. The largest absolute Gasteiger partial charge is 0.332 e. The topological polar surface area (TPSA) is 4.93 Å². The Balaban J connectivity index is 0.00000126. The fourth-order valence-electron chi connectivity index (χ4n) is 3.48. The number of aryl methyl sites for hydroxylation is 1. The van der Waals surface area contributed by atoms with Crippen molar-refractivity contribution in [2.24, 2.45) is 0 Å². The zero-order valence-corrected chi connectivity index (χ0v) is 18.9. The highest BCUT2D eigenvalue weighted by Crippen LogP contribution is 2.39. The highest BCUT2D eigenvalue weighted by Gasteiger charge is 2.23. The van der Waals surface area contributed by atoms with Gasteiger partial charge in [0.05, 0.1) is 11.6 Å². The highest BCUT2D eigenvalue weighted by molar-refractivity contribution is 9.15. The van der Waals surface area contributed by atoms with Crippen molar-refractivity contribution in [1.82, 2.24) is 4.57 Å². The van der Waals surface area contributed by atoms with Gasteiger partial charge in [-0.25, -0.2) is 0 Å². The van der Waals surface area contributed by atoms with Crippen LogP contribution in [0, 0.1) is 6.92 Å². The number of hydrogen-bond donors (Lipinski definition) is 0. The van der Waals surface area contributed by atoms with E-state index in [2.05, 4.69) is 70.9 Å². The number of allylic oxidation sites excluding steroid dienone is 5. The van der Waals surface area contributed by atoms with Crippen molar-refractivity contribution in [3.63, 3.8) is 0 Å². The Bertz CT molecular complexity index is 957. The maximum Gasteiger partial charge on any atom is 0.0732 e. The number of hydrogen-bond acceptors (Lipinski definition) is 0. The standard InChI is InChI=1S/C22H21BrClN.C2H6/c1-5-9-20-14(3)17-12-16(6-2)18(15(4)23)13-22(17)25(20)21-11-8-7-10-19(21)24;1-2/h5-10,12-13,21H,2,4,11H2,1,3H3;1-2H3/b9-5-;. The van der Waals surface area contributed by atoms with Crippen molar-refractivity contribution in [2.75, 3.05) is 0 Å². The molecule has 142 valence electrons. The molecule has 1 nitrogen and oxygen atoms in total. The van der Waals surface area contributed by atoms with Crippen LogP contribution in [0.4, 0.5) is 0 Å². The molecule has 1 aromatic heterocycles. The number of rotatable bonds is 4. The quantitative estimate of drug-likeness (QED) is 0.444. The van der Waals surface area contributed by atoms with E-state index in [1.807, 2.05) is 39.0 Å². The van der Waals surface area contributed by atoms with Crippen LogP contribution in [-0.2, 0) is 0 Å². The molecule has 1 heterocycles. The van der Waals surface area contributed by atoms with E-state index < -0.39 is 0 Å². The monoisotopic (exact) mass is 443 g/mol. The first kappa shape index (κ1) is 21.5. The van der Waals surface area contributed by atoms with Crippen LogP contribution in [-0.4, -0.2) is 4.57 Å². The molecule has 0 saturated heterocycles. The van der Waals surface area contributed by atoms with Gasteiger partial charge in [-0.05, 0) is 61.2 Å². The third-order valence-electron chi connectivity index (χ3n) is 4.69. The van der Waals surface area contributed by atoms with Crippen LogP contribution in [0.25, 0.3) is 27.5 Å². The molecule has 0 N–H and O–H groups in total. The molecule has 0 spiro atoms. The molecule has 2 aromatic rings. The van der Waals surface area contributed by atoms with Crippen LogP contribution in [0.1, 0.15) is 55.6 Å². The lowest BCUT2D eigenvalue weighted by Gasteiger charge is -2.23. The van der Waals surface area contributed by atoms with E-state index >= 15 is 0 Å². The molecule has 0 saturated carbocycles. The van der Waals surface area contributed by atoms with Crippen molar-refractivity contribution in [2.45, 2.75) is 40.2 Å². The average Bonchev–Trinajstić information content (AvgIpc) is 2.94. The molecule has 27 heavy (non-hydrogen) atoms. The Morgan fingerprint density at radius 1 is 1.33 bits per heavy atom. The lowest BCUT2D eigenvalue weighted by molar-refractivity contribution is 0.613. The SMILES string of the molecule is C=Cc1cc2c(C)c(/C=C\C)n(C3CC=CC=C3Cl)c2cc1C(=C)Br.CC. The molecule has 1 aromatic carbocycles. The number of nitrogens with zero attached hydrogens (tertiary/aromatic N) is 1. The van der Waals surface area contributed by atoms with Crippen LogP contribution in [0.2, 0.25) is 0 Å². The Labute approximate surface area is 176 Å². The maximum absolute atomic E-state index is 6.58. The molecule has 0 fully saturated rings. The zero-order chi connectivity index (χ0) is 20.1. The smallest absolute Gasteiger partial charge is 0.0732 e. The predicted molar refractivity (Wildman–Crippen MR) is 128 cm³/mol. The third kappa shape index (κ3) is 4.07. The van der Waals surface area contributed by atoms with Gasteiger partial charge < -0.3 is 4.57 Å². The second kappa shape index (κ2) is 9.43. The van der Waals surface area contributed by atoms with Gasteiger partial charge in [0, 0.05) is 20.6 Å². The molecule has 1 atom stereocenters. The summed E-state index contributed by atoms with van der Waals surface area (Å²) in [5, 5.41) is 2.08. The number of fused-ring (bicyclic) bond motifs is 1. The van der Waals surface area contributed by atoms with E-state index in [0.717, 1.165) is 27.1 Å². The lowest BCUT2D eigenvalue weighted by atomic mass is 10.0. The van der Waals surface area contributed by atoms with Gasteiger partial charge >= 0.3 is 0 Å². The third-order valence-corrected chi connectivity index (χ3v) is 5.50. The Morgan fingerprint density at radius 3 is 2.59 bits per heavy atom. The molecule has 1 aliphatic carbocycles. The summed E-state index contributed by atoms with van der Waals surface area (Å²) in [6.07, 6.45) is 13.2. The number of benzene rings is 1. The van der Waals surface area contributed by atoms with Gasteiger partial charge in [-0.2, -0.15) is 0 Å². The summed E-state index contributed by atoms with van der Waals surface area (Å²) in [7, 11) is 0. The van der Waals surface area contributed by atoms with Crippen molar-refractivity contribution in [1.29, 1.82) is 0 Å². The van der Waals surface area contributed by atoms with E-state index in [1.54, 1.807) is 0 Å². The number of aromatic nitrogens is 1. The van der Waals surface area contributed by atoms with Gasteiger partial charge in [-0.15, -0.1) is 0 Å². The molecular formula is C24H27BrClN. The highest BCUT2D eigenvalue weighted by atomic mass is 79.9. The predicted octanol–water partition coefficient (Wildman–Crippen LogP) is 8.64. The van der Waals surface area contributed by atoms with Crippen LogP contribution >= 0.6 is 27.5 Å². The van der Waals surface area contributed by atoms with Crippen molar-refractivity contribution in [3.8, 4) is 0 Å². The molecule has 0 aliphatic heterocycles. The van der Waals surface area contributed by atoms with E-state index in [9.17, 15) is 0 Å². The van der Waals surface area contributed by atoms with E-state index in [0.29, 0.717) is 0 Å². The van der Waals surface area contributed by atoms with E-state index in [-0.39, 0.29) is 6.04 Å². The number of halogens is 2. The van der Waals surface area contributed by atoms with Gasteiger partial charge in [-0.1, -0.05) is 78.8 Å². The summed E-state index contributed by atoms with van der Waals surface area (Å²) in [6.45, 7) is 16.2. The fraction of sp³-hybridized carbons (Fsp3) is 0.250. The minimum Gasteiger partial charge on any atom is -0.332 e. The van der Waals surface area contributed by atoms with Crippen LogP contribution < -0.4 is 0 Å². The first-order valence-corrected chi connectivity index (χ1v) is 10.5. The Hall–Kier alpha value is -1.77. The van der Waals surface area contributed by atoms with Crippen LogP contribution in [0.15, 0.2) is 54.6 Å². The van der Waals surface area contributed by atoms with Crippen molar-refractivity contribution >= 4 is 55.1 Å². The fourth-order valence-corrected chi connectivity index (χ4v) is 4.08. The summed E-state index contributed by atoms with van der Waals surface area (Å²) >= 11 is 10.1. The van der Waals surface area contributed by atoms with Crippen molar-refractivity contribution < 1.29 is 0 Å². The van der Waals surface area contributed by atoms with Gasteiger partial charge in [0.15, 0.2) is 0 Å².